The first kappa shape index (κ1) is 15.0. The number of rotatable bonds is 4. The lowest BCUT2D eigenvalue weighted by molar-refractivity contribution is 0.915. The summed E-state index contributed by atoms with van der Waals surface area (Å²) in [5.41, 5.74) is 10.0. The third kappa shape index (κ3) is 2.92. The molecular formula is C24H22. The molecule has 0 aromatic heterocycles. The van der Waals surface area contributed by atoms with E-state index in [1.54, 1.807) is 5.57 Å². The first-order valence-electron chi connectivity index (χ1n) is 8.72. The standard InChI is InChI=1S/C24H22/c1-18-12-15-22(21-10-6-3-7-11-21)24-17-20(16-23(18)24)14-13-19-8-4-2-5-9-19/h2-12,15,17H,13-14,16H2,1H3. The van der Waals surface area contributed by atoms with E-state index in [1.165, 1.54) is 33.4 Å². The fraction of sp³-hybridized carbons (Fsp3) is 0.167. The molecule has 3 aromatic carbocycles. The Bertz CT molecular complexity index is 871. The van der Waals surface area contributed by atoms with Crippen LogP contribution in [-0.2, 0) is 12.8 Å². The number of hydrogen-bond acceptors (Lipinski definition) is 0. The molecule has 0 spiro atoms. The van der Waals surface area contributed by atoms with Crippen molar-refractivity contribution in [2.75, 3.05) is 0 Å². The lowest BCUT2D eigenvalue weighted by atomic mass is 9.94. The van der Waals surface area contributed by atoms with Crippen LogP contribution >= 0.6 is 0 Å². The fourth-order valence-corrected chi connectivity index (χ4v) is 3.63. The normalized spacial score (nSPS) is 12.8. The third-order valence-corrected chi connectivity index (χ3v) is 5.01. The Labute approximate surface area is 144 Å². The number of allylic oxidation sites excluding steroid dienone is 1. The van der Waals surface area contributed by atoms with E-state index in [2.05, 4.69) is 85.8 Å². The second-order valence-corrected chi connectivity index (χ2v) is 6.65. The van der Waals surface area contributed by atoms with Crippen LogP contribution in [0, 0.1) is 6.92 Å². The van der Waals surface area contributed by atoms with Gasteiger partial charge in [0, 0.05) is 0 Å². The van der Waals surface area contributed by atoms with E-state index in [4.69, 9.17) is 0 Å². The average Bonchev–Trinajstić information content (AvgIpc) is 3.07. The second kappa shape index (κ2) is 6.49. The van der Waals surface area contributed by atoms with Crippen LogP contribution in [0.3, 0.4) is 0 Å². The predicted octanol–water partition coefficient (Wildman–Crippen LogP) is 6.23. The second-order valence-electron chi connectivity index (χ2n) is 6.65. The van der Waals surface area contributed by atoms with Crippen molar-refractivity contribution in [3.05, 3.63) is 101 Å². The van der Waals surface area contributed by atoms with Gasteiger partial charge in [0.2, 0.25) is 0 Å². The quantitative estimate of drug-likeness (QED) is 0.535. The van der Waals surface area contributed by atoms with Gasteiger partial charge in [-0.15, -0.1) is 0 Å². The van der Waals surface area contributed by atoms with Crippen LogP contribution in [0.15, 0.2) is 78.4 Å². The van der Waals surface area contributed by atoms with Gasteiger partial charge in [-0.3, -0.25) is 0 Å². The van der Waals surface area contributed by atoms with E-state index < -0.39 is 0 Å². The van der Waals surface area contributed by atoms with Crippen molar-refractivity contribution >= 4 is 6.08 Å². The highest BCUT2D eigenvalue weighted by Gasteiger charge is 2.18. The zero-order chi connectivity index (χ0) is 16.4. The van der Waals surface area contributed by atoms with E-state index in [1.807, 2.05) is 0 Å². The molecule has 0 heteroatoms. The van der Waals surface area contributed by atoms with Crippen LogP contribution in [0.4, 0.5) is 0 Å². The molecule has 0 saturated heterocycles. The molecule has 0 fully saturated rings. The van der Waals surface area contributed by atoms with Crippen LogP contribution in [0.1, 0.15) is 28.7 Å². The predicted molar refractivity (Wildman–Crippen MR) is 103 cm³/mol. The molecule has 0 bridgehead atoms. The van der Waals surface area contributed by atoms with Gasteiger partial charge >= 0.3 is 0 Å². The van der Waals surface area contributed by atoms with E-state index >= 15 is 0 Å². The first-order valence-corrected chi connectivity index (χ1v) is 8.72. The topological polar surface area (TPSA) is 0 Å². The minimum Gasteiger partial charge on any atom is -0.0648 e. The summed E-state index contributed by atoms with van der Waals surface area (Å²) in [4.78, 5) is 0. The van der Waals surface area contributed by atoms with Gasteiger partial charge in [0.1, 0.15) is 0 Å². The summed E-state index contributed by atoms with van der Waals surface area (Å²) in [7, 11) is 0. The Hall–Kier alpha value is -2.60. The molecule has 0 unspecified atom stereocenters. The van der Waals surface area contributed by atoms with Gasteiger partial charge < -0.3 is 0 Å². The van der Waals surface area contributed by atoms with Gasteiger partial charge in [0.25, 0.3) is 0 Å². The van der Waals surface area contributed by atoms with Gasteiger partial charge in [-0.05, 0) is 59.6 Å². The number of hydrogen-bond donors (Lipinski definition) is 0. The highest BCUT2D eigenvalue weighted by atomic mass is 14.2. The zero-order valence-electron chi connectivity index (χ0n) is 14.1. The van der Waals surface area contributed by atoms with E-state index in [0.717, 1.165) is 19.3 Å². The van der Waals surface area contributed by atoms with E-state index in [0.29, 0.717) is 0 Å². The molecule has 24 heavy (non-hydrogen) atoms. The Morgan fingerprint density at radius 1 is 0.750 bits per heavy atom. The fourth-order valence-electron chi connectivity index (χ4n) is 3.63. The molecule has 0 heterocycles. The molecule has 0 radical (unpaired) electrons. The van der Waals surface area contributed by atoms with Gasteiger partial charge in [0.15, 0.2) is 0 Å². The smallest absolute Gasteiger partial charge is 0.00549 e. The summed E-state index contributed by atoms with van der Waals surface area (Å²) < 4.78 is 0. The molecule has 1 aliphatic carbocycles. The summed E-state index contributed by atoms with van der Waals surface area (Å²) in [5.74, 6) is 0. The maximum atomic E-state index is 2.44. The van der Waals surface area contributed by atoms with Crippen LogP contribution in [-0.4, -0.2) is 0 Å². The van der Waals surface area contributed by atoms with Gasteiger partial charge in [0.05, 0.1) is 0 Å². The van der Waals surface area contributed by atoms with Gasteiger partial charge in [-0.25, -0.2) is 0 Å². The largest absolute Gasteiger partial charge is 0.0648 e. The van der Waals surface area contributed by atoms with Crippen molar-refractivity contribution in [1.29, 1.82) is 0 Å². The monoisotopic (exact) mass is 310 g/mol. The van der Waals surface area contributed by atoms with Crippen molar-refractivity contribution in [3.8, 4) is 11.1 Å². The van der Waals surface area contributed by atoms with Gasteiger partial charge in [-0.2, -0.15) is 0 Å². The Morgan fingerprint density at radius 3 is 2.21 bits per heavy atom. The van der Waals surface area contributed by atoms with Crippen molar-refractivity contribution in [2.24, 2.45) is 0 Å². The molecule has 3 aromatic rings. The maximum absolute atomic E-state index is 2.44. The molecule has 0 nitrogen and oxygen atoms in total. The van der Waals surface area contributed by atoms with Crippen molar-refractivity contribution < 1.29 is 0 Å². The average molecular weight is 310 g/mol. The third-order valence-electron chi connectivity index (χ3n) is 5.01. The molecule has 0 N–H and O–H groups in total. The van der Waals surface area contributed by atoms with Crippen molar-refractivity contribution in [2.45, 2.75) is 26.2 Å². The van der Waals surface area contributed by atoms with Crippen molar-refractivity contribution in [3.63, 3.8) is 0 Å². The summed E-state index contributed by atoms with van der Waals surface area (Å²) in [6.45, 7) is 2.24. The van der Waals surface area contributed by atoms with Gasteiger partial charge in [-0.1, -0.05) is 84.4 Å². The summed E-state index contributed by atoms with van der Waals surface area (Å²) in [6.07, 6.45) is 5.81. The van der Waals surface area contributed by atoms with Crippen LogP contribution in [0.25, 0.3) is 17.2 Å². The molecule has 0 amide bonds. The van der Waals surface area contributed by atoms with Crippen LogP contribution in [0.5, 0.6) is 0 Å². The first-order chi connectivity index (χ1) is 11.8. The highest BCUT2D eigenvalue weighted by molar-refractivity contribution is 5.81. The minimum absolute atomic E-state index is 1.11. The SMILES string of the molecule is Cc1ccc(-c2ccccc2)c2c1CC(CCc1ccccc1)=C2. The van der Waals surface area contributed by atoms with Crippen LogP contribution in [0.2, 0.25) is 0 Å². The summed E-state index contributed by atoms with van der Waals surface area (Å²) >= 11 is 0. The van der Waals surface area contributed by atoms with Crippen LogP contribution < -0.4 is 0 Å². The Morgan fingerprint density at radius 2 is 1.46 bits per heavy atom. The molecule has 0 atom stereocenters. The minimum atomic E-state index is 1.11. The summed E-state index contributed by atoms with van der Waals surface area (Å²) in [6, 6.07) is 26.1. The molecule has 0 aliphatic heterocycles. The van der Waals surface area contributed by atoms with E-state index in [-0.39, 0.29) is 0 Å². The molecular weight excluding hydrogens is 288 g/mol. The summed E-state index contributed by atoms with van der Waals surface area (Å²) in [5, 5.41) is 0. The molecule has 118 valence electrons. The van der Waals surface area contributed by atoms with Crippen molar-refractivity contribution in [1.82, 2.24) is 0 Å². The molecule has 0 saturated carbocycles. The Balaban J connectivity index is 1.63. The maximum Gasteiger partial charge on any atom is -0.00549 e. The Kier molecular flexibility index (Phi) is 4.04. The number of aryl methyl sites for hydroxylation is 2. The molecule has 1 aliphatic rings. The highest BCUT2D eigenvalue weighted by Crippen LogP contribution is 2.37. The number of fused-ring (bicyclic) bond motifs is 1. The van der Waals surface area contributed by atoms with E-state index in [9.17, 15) is 0 Å². The lowest BCUT2D eigenvalue weighted by Gasteiger charge is -2.10. The zero-order valence-corrected chi connectivity index (χ0v) is 14.1. The lowest BCUT2D eigenvalue weighted by Crippen LogP contribution is -1.93. The number of benzene rings is 3. The molecule has 4 rings (SSSR count).